The van der Waals surface area contributed by atoms with E-state index in [-0.39, 0.29) is 6.10 Å². The lowest BCUT2D eigenvalue weighted by molar-refractivity contribution is 0.111. The molecule has 3 aromatic rings. The standard InChI is InChI=1S/C15H12ClN3O2S/c16-10-4-1-3-9(7-10)13-18-14(21-19-13)12-8-17-15(22-12)11-5-2-6-20-11/h1,3-4,7-8,11H,2,5-6H2. The molecule has 7 heteroatoms. The zero-order valence-electron chi connectivity index (χ0n) is 11.5. The van der Waals surface area contributed by atoms with Gasteiger partial charge in [0.05, 0.1) is 6.20 Å². The van der Waals surface area contributed by atoms with Crippen molar-refractivity contribution in [2.75, 3.05) is 6.61 Å². The second-order valence-electron chi connectivity index (χ2n) is 5.00. The number of thiazole rings is 1. The van der Waals surface area contributed by atoms with Crippen LogP contribution in [-0.4, -0.2) is 21.7 Å². The SMILES string of the molecule is Clc1cccc(-c2noc(-c3cnc(C4CCCO4)s3)n2)c1. The minimum Gasteiger partial charge on any atom is -0.371 e. The van der Waals surface area contributed by atoms with Gasteiger partial charge in [0.1, 0.15) is 16.0 Å². The van der Waals surface area contributed by atoms with Crippen molar-refractivity contribution in [2.24, 2.45) is 0 Å². The molecule has 1 unspecified atom stereocenters. The second-order valence-corrected chi connectivity index (χ2v) is 6.50. The van der Waals surface area contributed by atoms with Gasteiger partial charge in [-0.2, -0.15) is 4.98 Å². The fourth-order valence-electron chi connectivity index (χ4n) is 2.38. The molecule has 0 bridgehead atoms. The summed E-state index contributed by atoms with van der Waals surface area (Å²) in [5.41, 5.74) is 0.825. The Morgan fingerprint density at radius 3 is 3.09 bits per heavy atom. The molecule has 0 saturated carbocycles. The minimum atomic E-state index is 0.106. The molecule has 1 saturated heterocycles. The Kier molecular flexibility index (Phi) is 3.65. The average molecular weight is 334 g/mol. The molecule has 22 heavy (non-hydrogen) atoms. The molecule has 0 spiro atoms. The van der Waals surface area contributed by atoms with Gasteiger partial charge in [-0.05, 0) is 25.0 Å². The number of hydrogen-bond acceptors (Lipinski definition) is 6. The molecule has 1 aliphatic heterocycles. The van der Waals surface area contributed by atoms with Crippen LogP contribution in [0.15, 0.2) is 35.0 Å². The third kappa shape index (κ3) is 2.65. The van der Waals surface area contributed by atoms with Crippen molar-refractivity contribution in [3.05, 3.63) is 40.5 Å². The molecule has 0 amide bonds. The molecular formula is C15H12ClN3O2S. The number of rotatable bonds is 3. The first kappa shape index (κ1) is 13.9. The quantitative estimate of drug-likeness (QED) is 0.712. The number of halogens is 1. The highest BCUT2D eigenvalue weighted by Crippen LogP contribution is 2.35. The first-order chi connectivity index (χ1) is 10.8. The van der Waals surface area contributed by atoms with E-state index in [0.29, 0.717) is 16.7 Å². The van der Waals surface area contributed by atoms with E-state index < -0.39 is 0 Å². The summed E-state index contributed by atoms with van der Waals surface area (Å²) in [4.78, 5) is 9.69. The zero-order chi connectivity index (χ0) is 14.9. The van der Waals surface area contributed by atoms with E-state index in [1.165, 1.54) is 11.3 Å². The number of benzene rings is 1. The molecule has 2 aromatic heterocycles. The minimum absolute atomic E-state index is 0.106. The Labute approximate surface area is 135 Å². The van der Waals surface area contributed by atoms with E-state index >= 15 is 0 Å². The highest BCUT2D eigenvalue weighted by molar-refractivity contribution is 7.15. The van der Waals surface area contributed by atoms with Gasteiger partial charge in [0, 0.05) is 17.2 Å². The van der Waals surface area contributed by atoms with Crippen LogP contribution in [0.25, 0.3) is 22.2 Å². The molecule has 3 heterocycles. The predicted octanol–water partition coefficient (Wildman–Crippen LogP) is 4.37. The lowest BCUT2D eigenvalue weighted by atomic mass is 10.2. The van der Waals surface area contributed by atoms with E-state index in [4.69, 9.17) is 20.9 Å². The molecule has 4 rings (SSSR count). The summed E-state index contributed by atoms with van der Waals surface area (Å²) in [5, 5.41) is 5.62. The lowest BCUT2D eigenvalue weighted by Gasteiger charge is -2.02. The summed E-state index contributed by atoms with van der Waals surface area (Å²) in [5.74, 6) is 0.987. The number of nitrogens with zero attached hydrogens (tertiary/aromatic N) is 3. The molecule has 1 aliphatic rings. The largest absolute Gasteiger partial charge is 0.371 e. The second kappa shape index (κ2) is 5.79. The summed E-state index contributed by atoms with van der Waals surface area (Å²) in [6, 6.07) is 7.37. The summed E-state index contributed by atoms with van der Waals surface area (Å²) >= 11 is 7.52. The maximum atomic E-state index is 5.99. The molecular weight excluding hydrogens is 322 g/mol. The van der Waals surface area contributed by atoms with E-state index in [1.54, 1.807) is 12.3 Å². The summed E-state index contributed by atoms with van der Waals surface area (Å²) in [6.45, 7) is 0.805. The Bertz CT molecular complexity index is 795. The summed E-state index contributed by atoms with van der Waals surface area (Å²) in [7, 11) is 0. The fourth-order valence-corrected chi connectivity index (χ4v) is 3.49. The Morgan fingerprint density at radius 2 is 2.27 bits per heavy atom. The van der Waals surface area contributed by atoms with E-state index in [0.717, 1.165) is 34.9 Å². The van der Waals surface area contributed by atoms with Crippen LogP contribution in [0.2, 0.25) is 5.02 Å². The monoisotopic (exact) mass is 333 g/mol. The van der Waals surface area contributed by atoms with Crippen LogP contribution in [0.1, 0.15) is 24.0 Å². The molecule has 1 fully saturated rings. The van der Waals surface area contributed by atoms with E-state index in [2.05, 4.69) is 15.1 Å². The predicted molar refractivity (Wildman–Crippen MR) is 83.8 cm³/mol. The van der Waals surface area contributed by atoms with Gasteiger partial charge in [0.25, 0.3) is 5.89 Å². The molecule has 0 radical (unpaired) electrons. The number of hydrogen-bond donors (Lipinski definition) is 0. The highest BCUT2D eigenvalue weighted by Gasteiger charge is 2.22. The van der Waals surface area contributed by atoms with E-state index in [1.807, 2.05) is 18.2 Å². The van der Waals surface area contributed by atoms with Crippen molar-refractivity contribution in [3.8, 4) is 22.2 Å². The third-order valence-corrected chi connectivity index (χ3v) is 4.76. The van der Waals surface area contributed by atoms with Crippen molar-refractivity contribution in [1.29, 1.82) is 0 Å². The van der Waals surface area contributed by atoms with Crippen LogP contribution >= 0.6 is 22.9 Å². The van der Waals surface area contributed by atoms with Gasteiger partial charge in [0.15, 0.2) is 0 Å². The molecule has 1 aromatic carbocycles. The summed E-state index contributed by atoms with van der Waals surface area (Å²) in [6.07, 6.45) is 3.97. The van der Waals surface area contributed by atoms with Crippen LogP contribution in [-0.2, 0) is 4.74 Å². The molecule has 112 valence electrons. The first-order valence-corrected chi connectivity index (χ1v) is 8.16. The van der Waals surface area contributed by atoms with Crippen LogP contribution in [0, 0.1) is 0 Å². The molecule has 0 N–H and O–H groups in total. The van der Waals surface area contributed by atoms with Crippen molar-refractivity contribution >= 4 is 22.9 Å². The van der Waals surface area contributed by atoms with Gasteiger partial charge in [-0.25, -0.2) is 4.98 Å². The Balaban J connectivity index is 1.61. The van der Waals surface area contributed by atoms with E-state index in [9.17, 15) is 0 Å². The van der Waals surface area contributed by atoms with Gasteiger partial charge < -0.3 is 9.26 Å². The maximum Gasteiger partial charge on any atom is 0.269 e. The van der Waals surface area contributed by atoms with Crippen LogP contribution in [0.3, 0.4) is 0 Å². The Hall–Kier alpha value is -1.76. The first-order valence-electron chi connectivity index (χ1n) is 6.97. The zero-order valence-corrected chi connectivity index (χ0v) is 13.1. The van der Waals surface area contributed by atoms with Gasteiger partial charge >= 0.3 is 0 Å². The van der Waals surface area contributed by atoms with Gasteiger partial charge in [-0.1, -0.05) is 28.9 Å². The highest BCUT2D eigenvalue weighted by atomic mass is 35.5. The van der Waals surface area contributed by atoms with Gasteiger partial charge in [-0.3, -0.25) is 0 Å². The Morgan fingerprint density at radius 1 is 1.32 bits per heavy atom. The third-order valence-electron chi connectivity index (χ3n) is 3.45. The maximum absolute atomic E-state index is 5.99. The van der Waals surface area contributed by atoms with Crippen LogP contribution in [0.5, 0.6) is 0 Å². The number of aromatic nitrogens is 3. The van der Waals surface area contributed by atoms with Crippen LogP contribution in [0.4, 0.5) is 0 Å². The van der Waals surface area contributed by atoms with Gasteiger partial charge in [-0.15, -0.1) is 11.3 Å². The average Bonchev–Trinajstić information content (AvgIpc) is 3.27. The molecule has 1 atom stereocenters. The van der Waals surface area contributed by atoms with Crippen molar-refractivity contribution in [3.63, 3.8) is 0 Å². The topological polar surface area (TPSA) is 61.0 Å². The van der Waals surface area contributed by atoms with Crippen molar-refractivity contribution < 1.29 is 9.26 Å². The van der Waals surface area contributed by atoms with Gasteiger partial charge in [0.2, 0.25) is 5.82 Å². The normalized spacial score (nSPS) is 18.0. The smallest absolute Gasteiger partial charge is 0.269 e. The van der Waals surface area contributed by atoms with Crippen LogP contribution < -0.4 is 0 Å². The van der Waals surface area contributed by atoms with Crippen molar-refractivity contribution in [2.45, 2.75) is 18.9 Å². The molecule has 0 aliphatic carbocycles. The van der Waals surface area contributed by atoms with Crippen molar-refractivity contribution in [1.82, 2.24) is 15.1 Å². The summed E-state index contributed by atoms with van der Waals surface area (Å²) < 4.78 is 11.0. The lowest BCUT2D eigenvalue weighted by Crippen LogP contribution is -1.93. The molecule has 5 nitrogen and oxygen atoms in total. The fraction of sp³-hybridized carbons (Fsp3) is 0.267. The number of ether oxygens (including phenoxy) is 1.